The summed E-state index contributed by atoms with van der Waals surface area (Å²) < 4.78 is 52.8. The van der Waals surface area contributed by atoms with Gasteiger partial charge in [-0.1, -0.05) is 0 Å². The van der Waals surface area contributed by atoms with Gasteiger partial charge in [0.1, 0.15) is 18.1 Å². The van der Waals surface area contributed by atoms with Crippen LogP contribution in [0.5, 0.6) is 5.75 Å². The molecule has 0 radical (unpaired) electrons. The van der Waals surface area contributed by atoms with Crippen LogP contribution < -0.4 is 10.1 Å². The Morgan fingerprint density at radius 1 is 1.07 bits per heavy atom. The van der Waals surface area contributed by atoms with Gasteiger partial charge in [0.2, 0.25) is 0 Å². The Morgan fingerprint density at radius 3 is 2.50 bits per heavy atom. The first-order chi connectivity index (χ1) is 14.3. The van der Waals surface area contributed by atoms with Gasteiger partial charge >= 0.3 is 0 Å². The molecule has 9 heteroatoms. The molecule has 0 atom stereocenters. The molecule has 0 saturated heterocycles. The molecule has 0 aliphatic carbocycles. The van der Waals surface area contributed by atoms with Gasteiger partial charge in [0.05, 0.1) is 23.6 Å². The maximum absolute atomic E-state index is 14.2. The lowest BCUT2D eigenvalue weighted by atomic mass is 10.1. The Labute approximate surface area is 171 Å². The third-order valence-corrected chi connectivity index (χ3v) is 4.39. The highest BCUT2D eigenvalue weighted by atomic mass is 19.1. The van der Waals surface area contributed by atoms with Crippen molar-refractivity contribution in [2.45, 2.75) is 13.8 Å². The first kappa shape index (κ1) is 21.4. The number of hydrogen-bond acceptors (Lipinski definition) is 4. The van der Waals surface area contributed by atoms with Crippen LogP contribution in [0.25, 0.3) is 5.69 Å². The highest BCUT2D eigenvalue weighted by Gasteiger charge is 2.21. The molecule has 0 fully saturated rings. The van der Waals surface area contributed by atoms with E-state index in [0.717, 1.165) is 18.2 Å². The number of ether oxygens (including phenoxy) is 2. The maximum atomic E-state index is 14.2. The molecule has 0 aliphatic rings. The number of nitrogens with one attached hydrogen (secondary N) is 1. The monoisotopic (exact) mass is 419 g/mol. The molecule has 0 aliphatic heterocycles. The van der Waals surface area contributed by atoms with Gasteiger partial charge in [-0.05, 0) is 38.1 Å². The topological polar surface area (TPSA) is 65.4 Å². The number of aromatic nitrogens is 2. The van der Waals surface area contributed by atoms with E-state index in [-0.39, 0.29) is 29.3 Å². The first-order valence-corrected chi connectivity index (χ1v) is 9.06. The van der Waals surface area contributed by atoms with Crippen LogP contribution in [-0.4, -0.2) is 36.0 Å². The molecule has 0 bridgehead atoms. The van der Waals surface area contributed by atoms with E-state index >= 15 is 0 Å². The predicted octanol–water partition coefficient (Wildman–Crippen LogP) is 4.18. The van der Waals surface area contributed by atoms with Gasteiger partial charge in [0.15, 0.2) is 17.4 Å². The Bertz CT molecular complexity index is 1080. The van der Waals surface area contributed by atoms with Crippen molar-refractivity contribution in [1.29, 1.82) is 0 Å². The standard InChI is InChI=1S/C21H20F3N3O3/c1-12-20(13(2)27(26-12)18-6-4-14(22)10-16(18)23)21(28)25-15-5-7-19(17(24)11-15)30-9-8-29-3/h4-7,10-11H,8-9H2,1-3H3,(H,25,28). The minimum Gasteiger partial charge on any atom is -0.488 e. The van der Waals surface area contributed by atoms with Gasteiger partial charge in [0.25, 0.3) is 5.91 Å². The summed E-state index contributed by atoms with van der Waals surface area (Å²) in [6.07, 6.45) is 0. The van der Waals surface area contributed by atoms with Gasteiger partial charge < -0.3 is 14.8 Å². The van der Waals surface area contributed by atoms with E-state index in [1.165, 1.54) is 30.0 Å². The zero-order valence-corrected chi connectivity index (χ0v) is 16.6. The second-order valence-corrected chi connectivity index (χ2v) is 6.49. The summed E-state index contributed by atoms with van der Waals surface area (Å²) >= 11 is 0. The van der Waals surface area contributed by atoms with Crippen LogP contribution in [0.15, 0.2) is 36.4 Å². The van der Waals surface area contributed by atoms with E-state index < -0.39 is 23.4 Å². The van der Waals surface area contributed by atoms with Crippen LogP contribution in [0.1, 0.15) is 21.7 Å². The van der Waals surface area contributed by atoms with Gasteiger partial charge in [0, 0.05) is 24.9 Å². The lowest BCUT2D eigenvalue weighted by Crippen LogP contribution is -2.14. The second-order valence-electron chi connectivity index (χ2n) is 6.49. The van der Waals surface area contributed by atoms with Crippen LogP contribution in [0.3, 0.4) is 0 Å². The van der Waals surface area contributed by atoms with Crippen molar-refractivity contribution in [3.8, 4) is 11.4 Å². The Hall–Kier alpha value is -3.33. The number of nitrogens with zero attached hydrogens (tertiary/aromatic N) is 2. The minimum absolute atomic E-state index is 0.0136. The molecular weight excluding hydrogens is 399 g/mol. The summed E-state index contributed by atoms with van der Waals surface area (Å²) in [6.45, 7) is 3.68. The maximum Gasteiger partial charge on any atom is 0.259 e. The summed E-state index contributed by atoms with van der Waals surface area (Å²) in [7, 11) is 1.51. The number of halogens is 3. The fraction of sp³-hybridized carbons (Fsp3) is 0.238. The van der Waals surface area contributed by atoms with Gasteiger partial charge in [-0.25, -0.2) is 17.9 Å². The largest absolute Gasteiger partial charge is 0.488 e. The molecule has 158 valence electrons. The van der Waals surface area contributed by atoms with E-state index in [9.17, 15) is 18.0 Å². The number of benzene rings is 2. The van der Waals surface area contributed by atoms with Crippen molar-refractivity contribution in [2.75, 3.05) is 25.6 Å². The van der Waals surface area contributed by atoms with E-state index in [1.807, 2.05) is 0 Å². The fourth-order valence-corrected chi connectivity index (χ4v) is 2.98. The number of aryl methyl sites for hydroxylation is 1. The average Bonchev–Trinajstić information content (AvgIpc) is 2.97. The third-order valence-electron chi connectivity index (χ3n) is 4.39. The molecule has 3 aromatic rings. The molecule has 0 spiro atoms. The smallest absolute Gasteiger partial charge is 0.259 e. The van der Waals surface area contributed by atoms with E-state index in [0.29, 0.717) is 18.0 Å². The number of methoxy groups -OCH3 is 1. The highest BCUT2D eigenvalue weighted by molar-refractivity contribution is 6.06. The summed E-state index contributed by atoms with van der Waals surface area (Å²) in [5.74, 6) is -2.66. The molecule has 3 rings (SSSR count). The SMILES string of the molecule is COCCOc1ccc(NC(=O)c2c(C)nn(-c3ccc(F)cc3F)c2C)cc1F. The second kappa shape index (κ2) is 9.00. The van der Waals surface area contributed by atoms with Gasteiger partial charge in [-0.2, -0.15) is 5.10 Å². The number of carbonyl (C=O) groups excluding carboxylic acids is 1. The Kier molecular flexibility index (Phi) is 6.41. The van der Waals surface area contributed by atoms with Crippen molar-refractivity contribution >= 4 is 11.6 Å². The third kappa shape index (κ3) is 4.46. The molecular formula is C21H20F3N3O3. The molecule has 1 N–H and O–H groups in total. The molecule has 2 aromatic carbocycles. The number of anilines is 1. The quantitative estimate of drug-likeness (QED) is 0.584. The van der Waals surface area contributed by atoms with E-state index in [2.05, 4.69) is 10.4 Å². The molecule has 0 saturated carbocycles. The van der Waals surface area contributed by atoms with Crippen LogP contribution in [-0.2, 0) is 4.74 Å². The average molecular weight is 419 g/mol. The van der Waals surface area contributed by atoms with Crippen LogP contribution >= 0.6 is 0 Å². The molecule has 6 nitrogen and oxygen atoms in total. The van der Waals surface area contributed by atoms with Crippen molar-refractivity contribution in [3.63, 3.8) is 0 Å². The van der Waals surface area contributed by atoms with Crippen molar-refractivity contribution in [1.82, 2.24) is 9.78 Å². The molecule has 1 aromatic heterocycles. The molecule has 1 heterocycles. The summed E-state index contributed by atoms with van der Waals surface area (Å²) in [4.78, 5) is 12.8. The van der Waals surface area contributed by atoms with E-state index in [4.69, 9.17) is 9.47 Å². The Morgan fingerprint density at radius 2 is 1.83 bits per heavy atom. The van der Waals surface area contributed by atoms with Crippen LogP contribution in [0.4, 0.5) is 18.9 Å². The number of carbonyl (C=O) groups is 1. The highest BCUT2D eigenvalue weighted by Crippen LogP contribution is 2.24. The lowest BCUT2D eigenvalue weighted by molar-refractivity contribution is 0.102. The summed E-state index contributed by atoms with van der Waals surface area (Å²) in [5.41, 5.74) is 1.14. The number of amides is 1. The fourth-order valence-electron chi connectivity index (χ4n) is 2.98. The van der Waals surface area contributed by atoms with Crippen LogP contribution in [0, 0.1) is 31.3 Å². The zero-order chi connectivity index (χ0) is 21.8. The first-order valence-electron chi connectivity index (χ1n) is 9.06. The Balaban J connectivity index is 1.82. The number of hydrogen-bond donors (Lipinski definition) is 1. The van der Waals surface area contributed by atoms with Crippen molar-refractivity contribution < 1.29 is 27.4 Å². The van der Waals surface area contributed by atoms with Crippen molar-refractivity contribution in [3.05, 3.63) is 70.8 Å². The summed E-state index contributed by atoms with van der Waals surface area (Å²) in [6, 6.07) is 7.12. The summed E-state index contributed by atoms with van der Waals surface area (Å²) in [5, 5.41) is 6.79. The van der Waals surface area contributed by atoms with Gasteiger partial charge in [-0.3, -0.25) is 4.79 Å². The lowest BCUT2D eigenvalue weighted by Gasteiger charge is -2.10. The minimum atomic E-state index is -0.807. The van der Waals surface area contributed by atoms with Gasteiger partial charge in [-0.15, -0.1) is 0 Å². The molecule has 1 amide bonds. The normalized spacial score (nSPS) is 10.9. The predicted molar refractivity (Wildman–Crippen MR) is 105 cm³/mol. The van der Waals surface area contributed by atoms with Crippen molar-refractivity contribution in [2.24, 2.45) is 0 Å². The van der Waals surface area contributed by atoms with E-state index in [1.54, 1.807) is 13.8 Å². The zero-order valence-electron chi connectivity index (χ0n) is 16.6. The molecule has 30 heavy (non-hydrogen) atoms. The molecule has 0 unspecified atom stereocenters. The van der Waals surface area contributed by atoms with Crippen LogP contribution in [0.2, 0.25) is 0 Å². The number of rotatable bonds is 7.